The minimum atomic E-state index is 0.880. The fraction of sp³-hybridized carbons (Fsp3) is 0.300. The van der Waals surface area contributed by atoms with Crippen LogP contribution >= 0.6 is 0 Å². The quantitative estimate of drug-likeness (QED) is 0.739. The standard InChI is InChI=1S/C20H21N5/c1-15-4-2-6-17(24-15)13-25-10-7-18-19(8-11-25)22-14-23-20(18)16-5-3-9-21-12-16/h2-6,9,12,14H,7-8,10-11,13H2,1H3. The molecule has 0 aromatic carbocycles. The van der Waals surface area contributed by atoms with E-state index in [0.717, 1.165) is 60.8 Å². The number of aryl methyl sites for hydroxylation is 1. The fourth-order valence-corrected chi connectivity index (χ4v) is 3.40. The van der Waals surface area contributed by atoms with Crippen molar-refractivity contribution in [3.8, 4) is 11.3 Å². The molecule has 1 aliphatic heterocycles. The van der Waals surface area contributed by atoms with E-state index >= 15 is 0 Å². The summed E-state index contributed by atoms with van der Waals surface area (Å²) in [4.78, 5) is 20.4. The van der Waals surface area contributed by atoms with E-state index in [9.17, 15) is 0 Å². The van der Waals surface area contributed by atoms with Gasteiger partial charge in [-0.15, -0.1) is 0 Å². The van der Waals surface area contributed by atoms with Gasteiger partial charge in [-0.1, -0.05) is 6.07 Å². The highest BCUT2D eigenvalue weighted by Crippen LogP contribution is 2.25. The number of nitrogens with zero attached hydrogens (tertiary/aromatic N) is 5. The van der Waals surface area contributed by atoms with Crippen molar-refractivity contribution in [1.82, 2.24) is 24.8 Å². The van der Waals surface area contributed by atoms with Gasteiger partial charge in [0.05, 0.1) is 11.4 Å². The fourth-order valence-electron chi connectivity index (χ4n) is 3.40. The van der Waals surface area contributed by atoms with Crippen LogP contribution in [0.3, 0.4) is 0 Å². The molecule has 0 saturated carbocycles. The van der Waals surface area contributed by atoms with Crippen LogP contribution < -0.4 is 0 Å². The SMILES string of the molecule is Cc1cccc(CN2CCc3ncnc(-c4cccnc4)c3CC2)n1. The van der Waals surface area contributed by atoms with Crippen LogP contribution in [0, 0.1) is 6.92 Å². The average molecular weight is 331 g/mol. The maximum Gasteiger partial charge on any atom is 0.116 e. The smallest absolute Gasteiger partial charge is 0.116 e. The first-order valence-corrected chi connectivity index (χ1v) is 8.67. The molecule has 0 atom stereocenters. The molecular weight excluding hydrogens is 310 g/mol. The van der Waals surface area contributed by atoms with Gasteiger partial charge < -0.3 is 0 Å². The van der Waals surface area contributed by atoms with Crippen molar-refractivity contribution in [3.63, 3.8) is 0 Å². The van der Waals surface area contributed by atoms with Crippen molar-refractivity contribution in [1.29, 1.82) is 0 Å². The normalized spacial score (nSPS) is 14.8. The zero-order valence-corrected chi connectivity index (χ0v) is 14.4. The Hall–Kier alpha value is -2.66. The molecule has 0 saturated heterocycles. The molecule has 0 spiro atoms. The number of rotatable bonds is 3. The van der Waals surface area contributed by atoms with Crippen LogP contribution in [0.15, 0.2) is 49.1 Å². The molecule has 0 radical (unpaired) electrons. The van der Waals surface area contributed by atoms with Crippen LogP contribution in [-0.2, 0) is 19.4 Å². The number of hydrogen-bond acceptors (Lipinski definition) is 5. The third-order valence-electron chi connectivity index (χ3n) is 4.64. The largest absolute Gasteiger partial charge is 0.297 e. The van der Waals surface area contributed by atoms with E-state index in [4.69, 9.17) is 0 Å². The van der Waals surface area contributed by atoms with Crippen LogP contribution in [-0.4, -0.2) is 37.9 Å². The summed E-state index contributed by atoms with van der Waals surface area (Å²) in [6, 6.07) is 10.2. The molecule has 0 bridgehead atoms. The lowest BCUT2D eigenvalue weighted by molar-refractivity contribution is 0.275. The highest BCUT2D eigenvalue weighted by Gasteiger charge is 2.19. The first kappa shape index (κ1) is 15.8. The summed E-state index contributed by atoms with van der Waals surface area (Å²) in [6.07, 6.45) is 7.24. The predicted octanol–water partition coefficient (Wildman–Crippen LogP) is 2.84. The zero-order valence-electron chi connectivity index (χ0n) is 14.4. The van der Waals surface area contributed by atoms with Gasteiger partial charge >= 0.3 is 0 Å². The van der Waals surface area contributed by atoms with Crippen molar-refractivity contribution in [2.75, 3.05) is 13.1 Å². The highest BCUT2D eigenvalue weighted by molar-refractivity contribution is 5.62. The predicted molar refractivity (Wildman–Crippen MR) is 96.9 cm³/mol. The summed E-state index contributed by atoms with van der Waals surface area (Å²) < 4.78 is 0. The lowest BCUT2D eigenvalue weighted by Gasteiger charge is -2.19. The summed E-state index contributed by atoms with van der Waals surface area (Å²) in [5, 5.41) is 0. The molecule has 1 aliphatic rings. The molecule has 0 amide bonds. The Labute approximate surface area is 147 Å². The summed E-state index contributed by atoms with van der Waals surface area (Å²) >= 11 is 0. The number of aromatic nitrogens is 4. The lowest BCUT2D eigenvalue weighted by Crippen LogP contribution is -2.26. The third-order valence-corrected chi connectivity index (χ3v) is 4.64. The summed E-state index contributed by atoms with van der Waals surface area (Å²) in [5.74, 6) is 0. The van der Waals surface area contributed by atoms with Crippen LogP contribution in [0.1, 0.15) is 22.6 Å². The first-order valence-electron chi connectivity index (χ1n) is 8.67. The lowest BCUT2D eigenvalue weighted by atomic mass is 10.0. The van der Waals surface area contributed by atoms with E-state index in [1.54, 1.807) is 12.5 Å². The summed E-state index contributed by atoms with van der Waals surface area (Å²) in [6.45, 7) is 4.90. The summed E-state index contributed by atoms with van der Waals surface area (Å²) in [7, 11) is 0. The van der Waals surface area contributed by atoms with Gasteiger partial charge in [-0.3, -0.25) is 14.9 Å². The topological polar surface area (TPSA) is 54.8 Å². The minimum Gasteiger partial charge on any atom is -0.297 e. The third kappa shape index (κ3) is 3.56. The van der Waals surface area contributed by atoms with E-state index in [-0.39, 0.29) is 0 Å². The molecule has 0 unspecified atom stereocenters. The van der Waals surface area contributed by atoms with Crippen molar-refractivity contribution in [2.24, 2.45) is 0 Å². The molecule has 0 aliphatic carbocycles. The molecule has 3 aromatic heterocycles. The van der Waals surface area contributed by atoms with Crippen molar-refractivity contribution >= 4 is 0 Å². The van der Waals surface area contributed by atoms with Crippen molar-refractivity contribution < 1.29 is 0 Å². The van der Waals surface area contributed by atoms with E-state index in [1.165, 1.54) is 5.56 Å². The Kier molecular flexibility index (Phi) is 4.48. The van der Waals surface area contributed by atoms with Crippen LogP contribution in [0.5, 0.6) is 0 Å². The van der Waals surface area contributed by atoms with Gasteiger partial charge in [0.15, 0.2) is 0 Å². The molecule has 25 heavy (non-hydrogen) atoms. The molecule has 3 aromatic rings. The van der Waals surface area contributed by atoms with Gasteiger partial charge in [-0.2, -0.15) is 0 Å². The molecular formula is C20H21N5. The molecule has 4 rings (SSSR count). The van der Waals surface area contributed by atoms with Gasteiger partial charge in [-0.25, -0.2) is 9.97 Å². The van der Waals surface area contributed by atoms with Crippen LogP contribution in [0.2, 0.25) is 0 Å². The van der Waals surface area contributed by atoms with E-state index in [1.807, 2.05) is 25.3 Å². The Morgan fingerprint density at radius 2 is 1.96 bits per heavy atom. The highest BCUT2D eigenvalue weighted by atomic mass is 15.1. The Morgan fingerprint density at radius 3 is 2.80 bits per heavy atom. The van der Waals surface area contributed by atoms with E-state index in [0.29, 0.717) is 0 Å². The van der Waals surface area contributed by atoms with Crippen molar-refractivity contribution in [2.45, 2.75) is 26.3 Å². The Bertz CT molecular complexity index is 863. The maximum atomic E-state index is 4.63. The molecule has 0 N–H and O–H groups in total. The van der Waals surface area contributed by atoms with Crippen LogP contribution in [0.4, 0.5) is 0 Å². The Balaban J connectivity index is 1.56. The van der Waals surface area contributed by atoms with E-state index < -0.39 is 0 Å². The monoisotopic (exact) mass is 331 g/mol. The maximum absolute atomic E-state index is 4.63. The molecule has 5 heteroatoms. The number of fused-ring (bicyclic) bond motifs is 1. The minimum absolute atomic E-state index is 0.880. The molecule has 126 valence electrons. The first-order chi connectivity index (χ1) is 12.3. The number of hydrogen-bond donors (Lipinski definition) is 0. The van der Waals surface area contributed by atoms with Gasteiger partial charge in [-0.05, 0) is 37.6 Å². The van der Waals surface area contributed by atoms with E-state index in [2.05, 4.69) is 43.0 Å². The Morgan fingerprint density at radius 1 is 1.04 bits per heavy atom. The molecule has 0 fully saturated rings. The van der Waals surface area contributed by atoms with Crippen LogP contribution in [0.25, 0.3) is 11.3 Å². The number of pyridine rings is 2. The van der Waals surface area contributed by atoms with Gasteiger partial charge in [0.1, 0.15) is 6.33 Å². The van der Waals surface area contributed by atoms with Crippen molar-refractivity contribution in [3.05, 3.63) is 71.7 Å². The second-order valence-electron chi connectivity index (χ2n) is 6.44. The molecule has 5 nitrogen and oxygen atoms in total. The molecule has 4 heterocycles. The van der Waals surface area contributed by atoms with Gasteiger partial charge in [0.25, 0.3) is 0 Å². The van der Waals surface area contributed by atoms with Gasteiger partial charge in [0, 0.05) is 61.0 Å². The summed E-state index contributed by atoms with van der Waals surface area (Å²) in [5.41, 5.74) is 6.71. The zero-order chi connectivity index (χ0) is 17.1. The second-order valence-corrected chi connectivity index (χ2v) is 6.44. The van der Waals surface area contributed by atoms with Gasteiger partial charge in [0.2, 0.25) is 0 Å². The second kappa shape index (κ2) is 7.07. The average Bonchev–Trinajstić information content (AvgIpc) is 2.85.